The first kappa shape index (κ1) is 16.5. The molecule has 19 heavy (non-hydrogen) atoms. The molecule has 0 aromatic carbocycles. The number of rotatable bonds is 3. The van der Waals surface area contributed by atoms with E-state index in [4.69, 9.17) is 0 Å². The molecule has 2 aliphatic rings. The molecule has 1 N–H and O–H groups in total. The number of β-lactam (4-membered cyclic amide) rings is 1. The highest BCUT2D eigenvalue weighted by Gasteiger charge is 2.53. The van der Waals surface area contributed by atoms with E-state index in [0.717, 1.165) is 11.3 Å². The van der Waals surface area contributed by atoms with Crippen molar-refractivity contribution in [2.75, 3.05) is 11.1 Å². The molecule has 8 heteroatoms. The first-order chi connectivity index (χ1) is 8.47. The smallest absolute Gasteiger partial charge is 0.352 e. The van der Waals surface area contributed by atoms with Crippen LogP contribution in [0.2, 0.25) is 0 Å². The van der Waals surface area contributed by atoms with E-state index in [1.54, 1.807) is 11.8 Å². The molecule has 0 unspecified atom stereocenters. The second-order valence-electron chi connectivity index (χ2n) is 4.32. The van der Waals surface area contributed by atoms with Crippen LogP contribution in [0.5, 0.6) is 0 Å². The molecule has 1 saturated heterocycles. The van der Waals surface area contributed by atoms with Crippen LogP contribution in [0.1, 0.15) is 13.8 Å². The van der Waals surface area contributed by atoms with Crippen molar-refractivity contribution in [3.8, 4) is 0 Å². The van der Waals surface area contributed by atoms with Crippen molar-refractivity contribution in [1.82, 2.24) is 4.90 Å². The van der Waals surface area contributed by atoms with E-state index in [9.17, 15) is 14.7 Å². The number of hydrogen-bond donors (Lipinski definition) is 1. The summed E-state index contributed by atoms with van der Waals surface area (Å²) < 4.78 is 0. The lowest BCUT2D eigenvalue weighted by atomic mass is 10.0. The minimum Gasteiger partial charge on any atom is -0.477 e. The molecule has 0 radical (unpaired) electrons. The molecule has 106 valence electrons. The fourth-order valence-corrected chi connectivity index (χ4v) is 4.08. The first-order valence-electron chi connectivity index (χ1n) is 5.44. The summed E-state index contributed by atoms with van der Waals surface area (Å²) in [6.45, 7) is 3.67. The number of hydrogen-bond acceptors (Lipinski definition) is 4. The van der Waals surface area contributed by atoms with Gasteiger partial charge in [0.05, 0.1) is 0 Å². The van der Waals surface area contributed by atoms with Crippen LogP contribution in [0, 0.1) is 0 Å². The number of halogens is 2. The number of carboxylic acid groups (broad SMARTS) is 1. The van der Waals surface area contributed by atoms with Crippen LogP contribution in [-0.2, 0) is 9.59 Å². The molecule has 0 bridgehead atoms. The van der Waals surface area contributed by atoms with E-state index in [1.165, 1.54) is 4.90 Å². The Morgan fingerprint density at radius 1 is 1.58 bits per heavy atom. The van der Waals surface area contributed by atoms with Gasteiger partial charge in [0.2, 0.25) is 0 Å². The lowest BCUT2D eigenvalue weighted by Gasteiger charge is -2.47. The fraction of sp³-hybridized carbons (Fsp3) is 0.545. The normalized spacial score (nSPS) is 25.2. The zero-order valence-electron chi connectivity index (χ0n) is 10.4. The van der Waals surface area contributed by atoms with Gasteiger partial charge in [0.15, 0.2) is 6.04 Å². The standard InChI is InChI=1S/C11H13BrN2O3S.ClH/c1-5(2)13-7-9(15)14-8(11(16)17)6(3-12)4-18-10(7)14;/h7,10H,3-4H2,1-2H3,(H,16,17);1H/t7-,10+;/m1./s1. The lowest BCUT2D eigenvalue weighted by molar-refractivity contribution is -0.147. The van der Waals surface area contributed by atoms with Gasteiger partial charge in [0.25, 0.3) is 5.91 Å². The molecule has 5 nitrogen and oxygen atoms in total. The molecule has 0 aromatic rings. The average molecular weight is 370 g/mol. The Balaban J connectivity index is 0.00000180. The summed E-state index contributed by atoms with van der Waals surface area (Å²) in [6, 6.07) is -0.425. The lowest BCUT2D eigenvalue weighted by Crippen LogP contribution is -2.64. The summed E-state index contributed by atoms with van der Waals surface area (Å²) in [7, 11) is 0. The van der Waals surface area contributed by atoms with E-state index in [2.05, 4.69) is 20.9 Å². The molecule has 2 heterocycles. The SMILES string of the molecule is CC(C)=N[C@@H]1C(=O)N2C(C(=O)O)=C(CBr)CS[C@@H]12.Cl. The Morgan fingerprint density at radius 3 is 2.68 bits per heavy atom. The van der Waals surface area contributed by atoms with Gasteiger partial charge >= 0.3 is 5.97 Å². The summed E-state index contributed by atoms with van der Waals surface area (Å²) in [5.41, 5.74) is 1.70. The Hall–Kier alpha value is -0.530. The number of alkyl halides is 1. The highest BCUT2D eigenvalue weighted by molar-refractivity contribution is 9.09. The van der Waals surface area contributed by atoms with Gasteiger partial charge in [-0.15, -0.1) is 24.2 Å². The minimum absolute atomic E-state index is 0. The highest BCUT2D eigenvalue weighted by atomic mass is 79.9. The second kappa shape index (κ2) is 6.28. The number of carbonyl (C=O) groups is 2. The number of thioether (sulfide) groups is 1. The number of fused-ring (bicyclic) bond motifs is 1. The Kier molecular flexibility index (Phi) is 5.46. The van der Waals surface area contributed by atoms with Crippen LogP contribution in [0.15, 0.2) is 16.3 Å². The summed E-state index contributed by atoms with van der Waals surface area (Å²) in [5.74, 6) is -0.640. The van der Waals surface area contributed by atoms with Crippen LogP contribution < -0.4 is 0 Å². The van der Waals surface area contributed by atoms with Crippen LogP contribution in [0.4, 0.5) is 0 Å². The topological polar surface area (TPSA) is 70.0 Å². The summed E-state index contributed by atoms with van der Waals surface area (Å²) >= 11 is 4.83. The fourth-order valence-electron chi connectivity index (χ4n) is 2.03. The molecular formula is C11H14BrClN2O3S. The molecule has 0 saturated carbocycles. The molecule has 2 rings (SSSR count). The Labute approximate surface area is 130 Å². The van der Waals surface area contributed by atoms with E-state index >= 15 is 0 Å². The van der Waals surface area contributed by atoms with Crippen molar-refractivity contribution < 1.29 is 14.7 Å². The van der Waals surface area contributed by atoms with Gasteiger partial charge in [-0.3, -0.25) is 14.7 Å². The van der Waals surface area contributed by atoms with Gasteiger partial charge in [-0.2, -0.15) is 0 Å². The highest BCUT2D eigenvalue weighted by Crippen LogP contribution is 2.42. The quantitative estimate of drug-likeness (QED) is 0.469. The molecular weight excluding hydrogens is 356 g/mol. The van der Waals surface area contributed by atoms with Crippen molar-refractivity contribution in [3.05, 3.63) is 11.3 Å². The van der Waals surface area contributed by atoms with Crippen molar-refractivity contribution in [1.29, 1.82) is 0 Å². The number of nitrogens with zero attached hydrogens (tertiary/aromatic N) is 2. The van der Waals surface area contributed by atoms with E-state index in [0.29, 0.717) is 11.1 Å². The van der Waals surface area contributed by atoms with Gasteiger partial charge in [0, 0.05) is 16.8 Å². The van der Waals surface area contributed by atoms with Gasteiger partial charge in [-0.25, -0.2) is 4.79 Å². The minimum atomic E-state index is -1.04. The van der Waals surface area contributed by atoms with Crippen LogP contribution in [-0.4, -0.2) is 50.1 Å². The number of aliphatic carboxylic acids is 1. The first-order valence-corrected chi connectivity index (χ1v) is 7.61. The van der Waals surface area contributed by atoms with Crippen LogP contribution in [0.3, 0.4) is 0 Å². The van der Waals surface area contributed by atoms with E-state index in [1.807, 2.05) is 13.8 Å². The third-order valence-corrected chi connectivity index (χ3v) is 4.78. The molecule has 1 amide bonds. The van der Waals surface area contributed by atoms with Crippen molar-refractivity contribution in [2.45, 2.75) is 25.3 Å². The number of aliphatic imine (C=N–C) groups is 1. The molecule has 1 fully saturated rings. The van der Waals surface area contributed by atoms with Crippen LogP contribution >= 0.6 is 40.1 Å². The maximum atomic E-state index is 12.0. The molecule has 0 aliphatic carbocycles. The van der Waals surface area contributed by atoms with Gasteiger partial charge < -0.3 is 5.11 Å². The third kappa shape index (κ3) is 2.83. The second-order valence-corrected chi connectivity index (χ2v) is 5.99. The van der Waals surface area contributed by atoms with E-state index in [-0.39, 0.29) is 29.4 Å². The zero-order valence-corrected chi connectivity index (χ0v) is 13.6. The van der Waals surface area contributed by atoms with Crippen LogP contribution in [0.25, 0.3) is 0 Å². The molecule has 0 spiro atoms. The van der Waals surface area contributed by atoms with Gasteiger partial charge in [0.1, 0.15) is 11.1 Å². The third-order valence-electron chi connectivity index (χ3n) is 2.78. The Morgan fingerprint density at radius 2 is 2.21 bits per heavy atom. The van der Waals surface area contributed by atoms with Gasteiger partial charge in [-0.05, 0) is 19.4 Å². The number of amides is 1. The van der Waals surface area contributed by atoms with E-state index < -0.39 is 12.0 Å². The summed E-state index contributed by atoms with van der Waals surface area (Å²) in [4.78, 5) is 28.9. The maximum absolute atomic E-state index is 12.0. The molecule has 2 atom stereocenters. The summed E-state index contributed by atoms with van der Waals surface area (Å²) in [6.07, 6.45) is 0. The average Bonchev–Trinajstić information content (AvgIpc) is 2.33. The predicted molar refractivity (Wildman–Crippen MR) is 81.4 cm³/mol. The van der Waals surface area contributed by atoms with Crippen molar-refractivity contribution >= 4 is 57.7 Å². The summed E-state index contributed by atoms with van der Waals surface area (Å²) in [5, 5.41) is 9.54. The molecule has 2 aliphatic heterocycles. The van der Waals surface area contributed by atoms with Crippen molar-refractivity contribution in [2.24, 2.45) is 4.99 Å². The van der Waals surface area contributed by atoms with Gasteiger partial charge in [-0.1, -0.05) is 15.9 Å². The Bertz CT molecular complexity index is 477. The predicted octanol–water partition coefficient (Wildman–Crippen LogP) is 1.91. The maximum Gasteiger partial charge on any atom is 0.352 e. The molecule has 0 aromatic heterocycles. The number of carbonyl (C=O) groups excluding carboxylic acids is 1. The number of carboxylic acids is 1. The monoisotopic (exact) mass is 368 g/mol. The largest absolute Gasteiger partial charge is 0.477 e. The zero-order chi connectivity index (χ0) is 13.4. The van der Waals surface area contributed by atoms with Crippen molar-refractivity contribution in [3.63, 3.8) is 0 Å².